The zero-order valence-electron chi connectivity index (χ0n) is 13.9. The molecule has 0 saturated carbocycles. The predicted molar refractivity (Wildman–Crippen MR) is 87.5 cm³/mol. The largest absolute Gasteiger partial charge is 0.493 e. The van der Waals surface area contributed by atoms with Crippen molar-refractivity contribution in [3.63, 3.8) is 0 Å². The van der Waals surface area contributed by atoms with Crippen molar-refractivity contribution in [1.29, 1.82) is 0 Å². The molecular weight excluding hydrogens is 244 g/mol. The molecule has 0 bridgehead atoms. The van der Waals surface area contributed by atoms with Gasteiger partial charge in [-0.05, 0) is 61.4 Å². The maximum Gasteiger partial charge on any atom is 0.122 e. The summed E-state index contributed by atoms with van der Waals surface area (Å²) < 4.78 is 5.85. The average molecular weight is 272 g/mol. The van der Waals surface area contributed by atoms with Gasteiger partial charge in [-0.25, -0.2) is 0 Å². The van der Waals surface area contributed by atoms with Gasteiger partial charge in [0, 0.05) is 12.8 Å². The summed E-state index contributed by atoms with van der Waals surface area (Å²) in [7, 11) is 0. The van der Waals surface area contributed by atoms with Gasteiger partial charge in [0.15, 0.2) is 0 Å². The molecule has 1 rings (SSSR count). The van der Waals surface area contributed by atoms with Crippen LogP contribution in [0.2, 0.25) is 0 Å². The van der Waals surface area contributed by atoms with Crippen LogP contribution < -0.4 is 4.74 Å². The van der Waals surface area contributed by atoms with E-state index in [1.807, 2.05) is 0 Å². The van der Waals surface area contributed by atoms with Gasteiger partial charge in [-0.3, -0.25) is 0 Å². The molecule has 0 radical (unpaired) electrons. The highest BCUT2D eigenvalue weighted by Crippen LogP contribution is 2.33. The van der Waals surface area contributed by atoms with Gasteiger partial charge >= 0.3 is 0 Å². The lowest BCUT2D eigenvalue weighted by atomic mass is 9.87. The van der Waals surface area contributed by atoms with Crippen LogP contribution in [0.4, 0.5) is 0 Å². The van der Waals surface area contributed by atoms with Crippen molar-refractivity contribution in [1.82, 2.24) is 0 Å². The summed E-state index contributed by atoms with van der Waals surface area (Å²) in [4.78, 5) is 0. The lowest BCUT2D eigenvalue weighted by Crippen LogP contribution is -2.05. The van der Waals surface area contributed by atoms with Crippen LogP contribution in [0.25, 0.3) is 0 Å². The van der Waals surface area contributed by atoms with Crippen LogP contribution in [-0.4, -0.2) is 6.61 Å². The Labute approximate surface area is 124 Å². The van der Waals surface area contributed by atoms with Crippen LogP contribution in [0.15, 0.2) is 6.07 Å². The molecule has 1 nitrogen and oxygen atoms in total. The highest BCUT2D eigenvalue weighted by atomic mass is 16.5. The van der Waals surface area contributed by atoms with E-state index in [0.29, 0.717) is 5.92 Å². The lowest BCUT2D eigenvalue weighted by Gasteiger charge is -2.20. The summed E-state index contributed by atoms with van der Waals surface area (Å²) in [5, 5.41) is 0. The van der Waals surface area contributed by atoms with E-state index < -0.39 is 0 Å². The molecule has 0 heterocycles. The highest BCUT2D eigenvalue weighted by Gasteiger charge is 2.15. The Morgan fingerprint density at radius 2 is 1.80 bits per heavy atom. The van der Waals surface area contributed by atoms with Crippen molar-refractivity contribution >= 4 is 0 Å². The molecular formula is C19H28O. The topological polar surface area (TPSA) is 9.23 Å². The first-order valence-electron chi connectivity index (χ1n) is 7.72. The summed E-state index contributed by atoms with van der Waals surface area (Å²) in [5.41, 5.74) is 5.40. The Morgan fingerprint density at radius 3 is 2.40 bits per heavy atom. The maximum atomic E-state index is 5.85. The number of aryl methyl sites for hydroxylation is 1. The molecule has 0 amide bonds. The summed E-state index contributed by atoms with van der Waals surface area (Å²) in [6.07, 6.45) is 2.92. The van der Waals surface area contributed by atoms with Gasteiger partial charge in [-0.1, -0.05) is 20.8 Å². The quantitative estimate of drug-likeness (QED) is 0.660. The molecule has 1 aromatic rings. The number of hydrogen-bond donors (Lipinski definition) is 0. The standard InChI is InChI=1S/C19H28O/c1-7-9-10-11-14(3)19-15(4)13-18(20-12-8-2)16(5)17(19)6/h13-14H,7-8,11-12H2,1-6H3. The minimum Gasteiger partial charge on any atom is -0.493 e. The number of benzene rings is 1. The average Bonchev–Trinajstić information content (AvgIpc) is 2.41. The van der Waals surface area contributed by atoms with Gasteiger partial charge in [-0.15, -0.1) is 11.8 Å². The van der Waals surface area contributed by atoms with Crippen molar-refractivity contribution in [3.05, 3.63) is 28.3 Å². The van der Waals surface area contributed by atoms with Crippen LogP contribution in [0.1, 0.15) is 68.2 Å². The molecule has 0 saturated heterocycles. The van der Waals surface area contributed by atoms with Crippen LogP contribution in [0.3, 0.4) is 0 Å². The lowest BCUT2D eigenvalue weighted by molar-refractivity contribution is 0.314. The molecule has 0 aromatic heterocycles. The fourth-order valence-corrected chi connectivity index (χ4v) is 2.64. The molecule has 110 valence electrons. The predicted octanol–water partition coefficient (Wildman–Crippen LogP) is 5.31. The molecule has 0 N–H and O–H groups in total. The number of rotatable bonds is 5. The first kappa shape index (κ1) is 16.6. The van der Waals surface area contributed by atoms with Crippen molar-refractivity contribution < 1.29 is 4.74 Å². The Bertz CT molecular complexity index is 503. The smallest absolute Gasteiger partial charge is 0.122 e. The van der Waals surface area contributed by atoms with E-state index in [0.717, 1.165) is 31.6 Å². The molecule has 1 aromatic carbocycles. The molecule has 0 aliphatic carbocycles. The van der Waals surface area contributed by atoms with Gasteiger partial charge < -0.3 is 4.74 Å². The SMILES string of the molecule is CCC#CCC(C)c1c(C)cc(OCCC)c(C)c1C. The van der Waals surface area contributed by atoms with E-state index >= 15 is 0 Å². The van der Waals surface area contributed by atoms with E-state index in [-0.39, 0.29) is 0 Å². The van der Waals surface area contributed by atoms with Crippen molar-refractivity contribution in [2.45, 2.75) is 66.7 Å². The molecule has 1 atom stereocenters. The van der Waals surface area contributed by atoms with Gasteiger partial charge in [0.1, 0.15) is 5.75 Å². The molecule has 0 spiro atoms. The van der Waals surface area contributed by atoms with Gasteiger partial charge in [0.05, 0.1) is 6.61 Å². The second kappa shape index (κ2) is 8.00. The van der Waals surface area contributed by atoms with Crippen LogP contribution in [-0.2, 0) is 0 Å². The van der Waals surface area contributed by atoms with Gasteiger partial charge in [0.25, 0.3) is 0 Å². The number of hydrogen-bond acceptors (Lipinski definition) is 1. The highest BCUT2D eigenvalue weighted by molar-refractivity contribution is 5.49. The summed E-state index contributed by atoms with van der Waals surface area (Å²) in [6, 6.07) is 2.19. The Hall–Kier alpha value is -1.42. The Kier molecular flexibility index (Phi) is 6.65. The maximum absolute atomic E-state index is 5.85. The molecule has 0 fully saturated rings. The summed E-state index contributed by atoms with van der Waals surface area (Å²) in [5.74, 6) is 7.96. The molecule has 0 aliphatic rings. The zero-order valence-corrected chi connectivity index (χ0v) is 13.9. The van der Waals surface area contributed by atoms with Crippen LogP contribution in [0, 0.1) is 32.6 Å². The first-order chi connectivity index (χ1) is 9.52. The van der Waals surface area contributed by atoms with Gasteiger partial charge in [-0.2, -0.15) is 0 Å². The second-order valence-corrected chi connectivity index (χ2v) is 5.52. The third-order valence-electron chi connectivity index (χ3n) is 3.77. The van der Waals surface area contributed by atoms with Gasteiger partial charge in [0.2, 0.25) is 0 Å². The first-order valence-corrected chi connectivity index (χ1v) is 7.72. The second-order valence-electron chi connectivity index (χ2n) is 5.52. The van der Waals surface area contributed by atoms with E-state index in [1.54, 1.807) is 0 Å². The third-order valence-corrected chi connectivity index (χ3v) is 3.77. The monoisotopic (exact) mass is 272 g/mol. The van der Waals surface area contributed by atoms with Crippen LogP contribution >= 0.6 is 0 Å². The van der Waals surface area contributed by atoms with E-state index in [2.05, 4.69) is 59.4 Å². The Balaban J connectivity index is 3.06. The van der Waals surface area contributed by atoms with Crippen molar-refractivity contribution in [2.24, 2.45) is 0 Å². The molecule has 0 aliphatic heterocycles. The fourth-order valence-electron chi connectivity index (χ4n) is 2.64. The van der Waals surface area contributed by atoms with E-state index in [4.69, 9.17) is 4.74 Å². The normalized spacial score (nSPS) is 11.7. The summed E-state index contributed by atoms with van der Waals surface area (Å²) in [6.45, 7) is 13.8. The summed E-state index contributed by atoms with van der Waals surface area (Å²) >= 11 is 0. The Morgan fingerprint density at radius 1 is 1.10 bits per heavy atom. The van der Waals surface area contributed by atoms with Crippen molar-refractivity contribution in [3.8, 4) is 17.6 Å². The van der Waals surface area contributed by atoms with Crippen molar-refractivity contribution in [2.75, 3.05) is 6.61 Å². The zero-order chi connectivity index (χ0) is 15.1. The fraction of sp³-hybridized carbons (Fsp3) is 0.579. The van der Waals surface area contributed by atoms with Crippen LogP contribution in [0.5, 0.6) is 5.75 Å². The van der Waals surface area contributed by atoms with E-state index in [9.17, 15) is 0 Å². The molecule has 1 heteroatoms. The minimum absolute atomic E-state index is 0.480. The number of ether oxygens (including phenoxy) is 1. The molecule has 20 heavy (non-hydrogen) atoms. The third kappa shape index (κ3) is 4.04. The van der Waals surface area contributed by atoms with E-state index in [1.165, 1.54) is 22.3 Å². The molecule has 1 unspecified atom stereocenters. The minimum atomic E-state index is 0.480.